The van der Waals surface area contributed by atoms with Crippen molar-refractivity contribution in [2.45, 2.75) is 28.3 Å². The lowest BCUT2D eigenvalue weighted by Crippen LogP contribution is -2.56. The molecule has 1 saturated carbocycles. The van der Waals surface area contributed by atoms with Crippen LogP contribution in [0.1, 0.15) is 17.9 Å². The molecule has 12 heteroatoms. The first kappa shape index (κ1) is 20.5. The molecule has 0 spiro atoms. The van der Waals surface area contributed by atoms with Gasteiger partial charge in [-0.25, -0.2) is 13.2 Å². The Morgan fingerprint density at radius 1 is 1.25 bits per heavy atom. The highest BCUT2D eigenvalue weighted by Crippen LogP contribution is 2.62. The zero-order valence-electron chi connectivity index (χ0n) is 13.8. The molecule has 2 aromatic carbocycles. The van der Waals surface area contributed by atoms with Gasteiger partial charge in [0.1, 0.15) is 12.3 Å². The lowest BCUT2D eigenvalue weighted by molar-refractivity contribution is -0.182. The standard InChI is InChI=1S/C16H13ClF3NO6S/c17-16(20)11(5-15(16,18)19)9-2-1-8-10(14(9)21-6-13(23)24)3-7(4-12(8)22)28(25,26)27/h1-4,11,21-22H,5-6H2,(H,23,24)(H,25,26,27). The van der Waals surface area contributed by atoms with Crippen molar-refractivity contribution in [1.29, 1.82) is 0 Å². The Kier molecular flexibility index (Phi) is 4.68. The van der Waals surface area contributed by atoms with Gasteiger partial charge in [0, 0.05) is 34.9 Å². The van der Waals surface area contributed by atoms with Crippen molar-refractivity contribution < 1.29 is 41.1 Å². The molecule has 0 bridgehead atoms. The molecule has 152 valence electrons. The number of carboxylic acid groups (broad SMARTS) is 1. The fourth-order valence-electron chi connectivity index (χ4n) is 3.16. The van der Waals surface area contributed by atoms with E-state index >= 15 is 0 Å². The Hall–Kier alpha value is -2.24. The van der Waals surface area contributed by atoms with Crippen LogP contribution < -0.4 is 5.32 Å². The van der Waals surface area contributed by atoms with E-state index in [0.29, 0.717) is 0 Å². The van der Waals surface area contributed by atoms with Crippen LogP contribution in [-0.2, 0) is 14.9 Å². The number of fused-ring (bicyclic) bond motifs is 1. The summed E-state index contributed by atoms with van der Waals surface area (Å²) >= 11 is 5.37. The van der Waals surface area contributed by atoms with E-state index < -0.39 is 56.7 Å². The Morgan fingerprint density at radius 2 is 1.89 bits per heavy atom. The van der Waals surface area contributed by atoms with E-state index in [2.05, 4.69) is 5.32 Å². The van der Waals surface area contributed by atoms with Gasteiger partial charge >= 0.3 is 5.97 Å². The van der Waals surface area contributed by atoms with Gasteiger partial charge in [-0.05, 0) is 11.6 Å². The Bertz CT molecular complexity index is 1090. The van der Waals surface area contributed by atoms with Crippen molar-refractivity contribution in [3.05, 3.63) is 29.8 Å². The van der Waals surface area contributed by atoms with E-state index in [-0.39, 0.29) is 22.0 Å². The quantitative estimate of drug-likeness (QED) is 0.416. The highest BCUT2D eigenvalue weighted by molar-refractivity contribution is 7.85. The highest BCUT2D eigenvalue weighted by Gasteiger charge is 2.70. The average molecular weight is 440 g/mol. The molecule has 0 saturated heterocycles. The molecule has 0 radical (unpaired) electrons. The van der Waals surface area contributed by atoms with Gasteiger partial charge in [-0.3, -0.25) is 9.35 Å². The van der Waals surface area contributed by atoms with Crippen LogP contribution in [0.2, 0.25) is 0 Å². The maximum Gasteiger partial charge on any atom is 0.322 e. The van der Waals surface area contributed by atoms with Crippen LogP contribution in [0.25, 0.3) is 10.8 Å². The minimum atomic E-state index is -4.76. The maximum absolute atomic E-state index is 14.3. The molecule has 2 atom stereocenters. The number of hydrogen-bond donors (Lipinski definition) is 4. The van der Waals surface area contributed by atoms with Crippen LogP contribution in [0.15, 0.2) is 29.2 Å². The van der Waals surface area contributed by atoms with Crippen LogP contribution in [0.3, 0.4) is 0 Å². The van der Waals surface area contributed by atoms with Gasteiger partial charge in [0.2, 0.25) is 0 Å². The second-order valence-electron chi connectivity index (χ2n) is 6.37. The smallest absolute Gasteiger partial charge is 0.322 e. The molecule has 3 rings (SSSR count). The fraction of sp³-hybridized carbons (Fsp3) is 0.312. The second-order valence-corrected chi connectivity index (χ2v) is 8.35. The summed E-state index contributed by atoms with van der Waals surface area (Å²) in [7, 11) is -4.76. The molecule has 28 heavy (non-hydrogen) atoms. The zero-order valence-corrected chi connectivity index (χ0v) is 15.4. The summed E-state index contributed by atoms with van der Waals surface area (Å²) in [6, 6.07) is 4.08. The molecule has 4 N–H and O–H groups in total. The van der Waals surface area contributed by atoms with E-state index in [4.69, 9.17) is 16.7 Å². The van der Waals surface area contributed by atoms with Gasteiger partial charge in [0.25, 0.3) is 21.2 Å². The van der Waals surface area contributed by atoms with Gasteiger partial charge in [-0.2, -0.15) is 8.42 Å². The molecule has 2 unspecified atom stereocenters. The lowest BCUT2D eigenvalue weighted by atomic mass is 9.73. The highest BCUT2D eigenvalue weighted by atomic mass is 35.5. The molecule has 1 fully saturated rings. The molecule has 0 aromatic heterocycles. The van der Waals surface area contributed by atoms with E-state index in [0.717, 1.165) is 12.1 Å². The van der Waals surface area contributed by atoms with Crippen molar-refractivity contribution in [2.24, 2.45) is 0 Å². The summed E-state index contributed by atoms with van der Waals surface area (Å²) in [4.78, 5) is 10.2. The third-order valence-corrected chi connectivity index (χ3v) is 5.97. The average Bonchev–Trinajstić information content (AvgIpc) is 2.56. The van der Waals surface area contributed by atoms with Gasteiger partial charge in [-0.15, -0.1) is 0 Å². The van der Waals surface area contributed by atoms with Gasteiger partial charge < -0.3 is 15.5 Å². The SMILES string of the molecule is O=C(O)CNc1c(C2CC(F)(F)C2(F)Cl)ccc2c(O)cc(S(=O)(=O)O)cc12. The molecule has 2 aromatic rings. The summed E-state index contributed by atoms with van der Waals surface area (Å²) in [6.45, 7) is -0.715. The number of carbonyl (C=O) groups is 1. The summed E-state index contributed by atoms with van der Waals surface area (Å²) in [5, 5.41) is 17.9. The van der Waals surface area contributed by atoms with Crippen LogP contribution in [-0.4, -0.2) is 46.7 Å². The number of aliphatic carboxylic acids is 1. The van der Waals surface area contributed by atoms with Crippen LogP contribution in [0, 0.1) is 0 Å². The van der Waals surface area contributed by atoms with Gasteiger partial charge in [0.05, 0.1) is 4.90 Å². The number of phenols is 1. The third kappa shape index (κ3) is 3.23. The predicted octanol–water partition coefficient (Wildman–Crippen LogP) is 3.32. The molecule has 0 aliphatic heterocycles. The first-order valence-electron chi connectivity index (χ1n) is 7.74. The molecule has 1 aliphatic rings. The third-order valence-electron chi connectivity index (χ3n) is 4.59. The summed E-state index contributed by atoms with van der Waals surface area (Å²) in [6.07, 6.45) is -0.954. The number of hydrogen-bond acceptors (Lipinski definition) is 5. The number of rotatable bonds is 5. The maximum atomic E-state index is 14.3. The van der Waals surface area contributed by atoms with Crippen molar-refractivity contribution >= 4 is 44.1 Å². The van der Waals surface area contributed by atoms with Gasteiger partial charge in [-0.1, -0.05) is 23.7 Å². The minimum Gasteiger partial charge on any atom is -0.507 e. The Morgan fingerprint density at radius 3 is 2.39 bits per heavy atom. The number of phenolic OH excluding ortho intramolecular Hbond substituents is 1. The molecule has 7 nitrogen and oxygen atoms in total. The van der Waals surface area contributed by atoms with Gasteiger partial charge in [0.15, 0.2) is 0 Å². The number of carboxylic acids is 1. The van der Waals surface area contributed by atoms with E-state index in [1.807, 2.05) is 0 Å². The van der Waals surface area contributed by atoms with E-state index in [9.17, 15) is 36.0 Å². The number of aromatic hydroxyl groups is 1. The van der Waals surface area contributed by atoms with Crippen molar-refractivity contribution in [1.82, 2.24) is 0 Å². The summed E-state index contributed by atoms with van der Waals surface area (Å²) < 4.78 is 73.5. The first-order valence-corrected chi connectivity index (χ1v) is 9.56. The zero-order chi connectivity index (χ0) is 21.1. The molecule has 0 heterocycles. The number of nitrogens with one attached hydrogen (secondary N) is 1. The number of halogens is 4. The molecular formula is C16H13ClF3NO6S. The number of alkyl halides is 4. The summed E-state index contributed by atoms with van der Waals surface area (Å²) in [5.74, 6) is -7.25. The predicted molar refractivity (Wildman–Crippen MR) is 93.5 cm³/mol. The van der Waals surface area contributed by atoms with E-state index in [1.54, 1.807) is 0 Å². The Labute approximate surface area is 161 Å². The molecule has 1 aliphatic carbocycles. The first-order chi connectivity index (χ1) is 12.8. The van der Waals surface area contributed by atoms with Crippen molar-refractivity contribution in [3.63, 3.8) is 0 Å². The lowest BCUT2D eigenvalue weighted by Gasteiger charge is -2.46. The fourth-order valence-corrected chi connectivity index (χ4v) is 3.96. The van der Waals surface area contributed by atoms with Crippen molar-refractivity contribution in [2.75, 3.05) is 11.9 Å². The largest absolute Gasteiger partial charge is 0.507 e. The summed E-state index contributed by atoms with van der Waals surface area (Å²) in [5.41, 5.74) is -0.312. The van der Waals surface area contributed by atoms with Crippen LogP contribution >= 0.6 is 11.6 Å². The minimum absolute atomic E-state index is 0.0224. The molecular weight excluding hydrogens is 427 g/mol. The number of benzene rings is 2. The Balaban J connectivity index is 2.27. The van der Waals surface area contributed by atoms with Crippen LogP contribution in [0.4, 0.5) is 18.9 Å². The molecule has 0 amide bonds. The normalized spacial score (nSPS) is 24.0. The number of anilines is 1. The monoisotopic (exact) mass is 439 g/mol. The van der Waals surface area contributed by atoms with Crippen LogP contribution in [0.5, 0.6) is 5.75 Å². The topological polar surface area (TPSA) is 124 Å². The second kappa shape index (κ2) is 6.39. The van der Waals surface area contributed by atoms with Crippen molar-refractivity contribution in [3.8, 4) is 5.75 Å². The van der Waals surface area contributed by atoms with E-state index in [1.165, 1.54) is 12.1 Å².